The number of carbonyl (C=O) groups excluding carboxylic acids is 1. The topological polar surface area (TPSA) is 55.8 Å². The third-order valence-corrected chi connectivity index (χ3v) is 2.08. The number of phenolic OH excluding ortho intramolecular Hbond substituents is 1. The summed E-state index contributed by atoms with van der Waals surface area (Å²) in [5.74, 6) is 0.287. The van der Waals surface area contributed by atoms with E-state index in [1.165, 1.54) is 13.2 Å². The SMILES string of the molecule is CCC(=O)Oc1ccc(OC)c(C)c1O. The molecule has 4 heteroatoms. The number of phenols is 1. The predicted octanol–water partition coefficient (Wildman–Crippen LogP) is 2.02. The van der Waals surface area contributed by atoms with Crippen LogP contribution in [0.3, 0.4) is 0 Å². The van der Waals surface area contributed by atoms with Gasteiger partial charge < -0.3 is 14.6 Å². The first-order chi connectivity index (χ1) is 7.10. The van der Waals surface area contributed by atoms with Gasteiger partial charge in [0.15, 0.2) is 11.5 Å². The molecule has 0 aliphatic rings. The molecule has 1 N–H and O–H groups in total. The van der Waals surface area contributed by atoms with E-state index in [9.17, 15) is 9.90 Å². The number of hydrogen-bond acceptors (Lipinski definition) is 4. The van der Waals surface area contributed by atoms with E-state index >= 15 is 0 Å². The fraction of sp³-hybridized carbons (Fsp3) is 0.364. The van der Waals surface area contributed by atoms with Crippen LogP contribution >= 0.6 is 0 Å². The molecule has 0 heterocycles. The van der Waals surface area contributed by atoms with Gasteiger partial charge in [-0.3, -0.25) is 4.79 Å². The molecular formula is C11H14O4. The van der Waals surface area contributed by atoms with Gasteiger partial charge in [0.25, 0.3) is 0 Å². The van der Waals surface area contributed by atoms with Crippen LogP contribution in [0.5, 0.6) is 17.2 Å². The van der Waals surface area contributed by atoms with Crippen LogP contribution in [-0.4, -0.2) is 18.2 Å². The molecule has 15 heavy (non-hydrogen) atoms. The van der Waals surface area contributed by atoms with Gasteiger partial charge >= 0.3 is 5.97 Å². The van der Waals surface area contributed by atoms with Crippen molar-refractivity contribution in [3.05, 3.63) is 17.7 Å². The minimum atomic E-state index is -0.380. The Morgan fingerprint density at radius 2 is 2.00 bits per heavy atom. The van der Waals surface area contributed by atoms with Crippen molar-refractivity contribution in [2.24, 2.45) is 0 Å². The number of carbonyl (C=O) groups is 1. The molecule has 0 amide bonds. The third kappa shape index (κ3) is 2.40. The summed E-state index contributed by atoms with van der Waals surface area (Å²) in [5, 5.41) is 9.70. The highest BCUT2D eigenvalue weighted by Crippen LogP contribution is 2.35. The Hall–Kier alpha value is -1.71. The van der Waals surface area contributed by atoms with Crippen LogP contribution in [0.1, 0.15) is 18.9 Å². The van der Waals surface area contributed by atoms with Gasteiger partial charge in [-0.2, -0.15) is 0 Å². The Kier molecular flexibility index (Phi) is 3.55. The summed E-state index contributed by atoms with van der Waals surface area (Å²) >= 11 is 0. The first-order valence-electron chi connectivity index (χ1n) is 4.67. The van der Waals surface area contributed by atoms with Crippen LogP contribution in [0.25, 0.3) is 0 Å². The van der Waals surface area contributed by atoms with Crippen molar-refractivity contribution in [1.29, 1.82) is 0 Å². The van der Waals surface area contributed by atoms with Gasteiger partial charge in [0.1, 0.15) is 5.75 Å². The predicted molar refractivity (Wildman–Crippen MR) is 55.3 cm³/mol. The van der Waals surface area contributed by atoms with Gasteiger partial charge in [-0.1, -0.05) is 6.92 Å². The zero-order valence-corrected chi connectivity index (χ0v) is 9.03. The average Bonchev–Trinajstić information content (AvgIpc) is 2.25. The fourth-order valence-electron chi connectivity index (χ4n) is 1.16. The highest BCUT2D eigenvalue weighted by atomic mass is 16.5. The van der Waals surface area contributed by atoms with Crippen molar-refractivity contribution in [3.63, 3.8) is 0 Å². The van der Waals surface area contributed by atoms with E-state index in [4.69, 9.17) is 9.47 Å². The standard InChI is InChI=1S/C11H14O4/c1-4-10(12)15-9-6-5-8(14-3)7(2)11(9)13/h5-6,13H,4H2,1-3H3. The number of ether oxygens (including phenoxy) is 2. The van der Waals surface area contributed by atoms with Crippen molar-refractivity contribution in [3.8, 4) is 17.2 Å². The number of esters is 1. The Morgan fingerprint density at radius 3 is 2.53 bits per heavy atom. The van der Waals surface area contributed by atoms with Crippen LogP contribution in [0.4, 0.5) is 0 Å². The number of aromatic hydroxyl groups is 1. The van der Waals surface area contributed by atoms with E-state index in [0.29, 0.717) is 11.3 Å². The fourth-order valence-corrected chi connectivity index (χ4v) is 1.16. The molecule has 0 bridgehead atoms. The van der Waals surface area contributed by atoms with Crippen molar-refractivity contribution in [2.75, 3.05) is 7.11 Å². The molecule has 0 atom stereocenters. The molecule has 4 nitrogen and oxygen atoms in total. The Bertz CT molecular complexity index is 371. The number of hydrogen-bond donors (Lipinski definition) is 1. The van der Waals surface area contributed by atoms with Crippen LogP contribution in [0.2, 0.25) is 0 Å². The van der Waals surface area contributed by atoms with E-state index in [1.54, 1.807) is 19.9 Å². The largest absolute Gasteiger partial charge is 0.504 e. The van der Waals surface area contributed by atoms with E-state index < -0.39 is 0 Å². The zero-order chi connectivity index (χ0) is 11.4. The minimum Gasteiger partial charge on any atom is -0.504 e. The lowest BCUT2D eigenvalue weighted by atomic mass is 10.2. The van der Waals surface area contributed by atoms with Crippen LogP contribution in [0.15, 0.2) is 12.1 Å². The highest BCUT2D eigenvalue weighted by molar-refractivity contribution is 5.73. The molecule has 0 aliphatic heterocycles. The normalized spacial score (nSPS) is 9.80. The molecule has 0 saturated heterocycles. The Balaban J connectivity index is 3.01. The molecule has 0 saturated carbocycles. The molecule has 1 rings (SSSR count). The molecule has 0 aliphatic carbocycles. The van der Waals surface area contributed by atoms with Gasteiger partial charge in [-0.25, -0.2) is 0 Å². The minimum absolute atomic E-state index is 0.0591. The summed E-state index contributed by atoms with van der Waals surface area (Å²) in [6.07, 6.45) is 0.268. The number of methoxy groups -OCH3 is 1. The molecule has 0 aromatic heterocycles. The van der Waals surface area contributed by atoms with Crippen molar-refractivity contribution in [1.82, 2.24) is 0 Å². The van der Waals surface area contributed by atoms with Crippen molar-refractivity contribution in [2.45, 2.75) is 20.3 Å². The molecule has 0 spiro atoms. The van der Waals surface area contributed by atoms with Gasteiger partial charge in [-0.05, 0) is 19.1 Å². The molecule has 1 aromatic carbocycles. The third-order valence-electron chi connectivity index (χ3n) is 2.08. The first kappa shape index (κ1) is 11.4. The second-order valence-corrected chi connectivity index (χ2v) is 3.07. The van der Waals surface area contributed by atoms with E-state index in [0.717, 1.165) is 0 Å². The molecule has 0 fully saturated rings. The maximum absolute atomic E-state index is 11.0. The summed E-state index contributed by atoms with van der Waals surface area (Å²) in [4.78, 5) is 11.0. The molecule has 82 valence electrons. The maximum atomic E-state index is 11.0. The summed E-state index contributed by atoms with van der Waals surface area (Å²) in [5.41, 5.74) is 0.555. The summed E-state index contributed by atoms with van der Waals surface area (Å²) < 4.78 is 9.94. The maximum Gasteiger partial charge on any atom is 0.311 e. The quantitative estimate of drug-likeness (QED) is 0.612. The zero-order valence-electron chi connectivity index (χ0n) is 9.03. The van der Waals surface area contributed by atoms with Gasteiger partial charge in [0.2, 0.25) is 0 Å². The van der Waals surface area contributed by atoms with Gasteiger partial charge in [-0.15, -0.1) is 0 Å². The Labute approximate surface area is 88.4 Å². The van der Waals surface area contributed by atoms with E-state index in [-0.39, 0.29) is 23.9 Å². The van der Waals surface area contributed by atoms with E-state index in [2.05, 4.69) is 0 Å². The molecule has 0 radical (unpaired) electrons. The lowest BCUT2D eigenvalue weighted by molar-refractivity contribution is -0.134. The molecular weight excluding hydrogens is 196 g/mol. The van der Waals surface area contributed by atoms with Gasteiger partial charge in [0, 0.05) is 12.0 Å². The van der Waals surface area contributed by atoms with E-state index in [1.807, 2.05) is 0 Å². The number of rotatable bonds is 3. The van der Waals surface area contributed by atoms with Crippen molar-refractivity contribution < 1.29 is 19.4 Å². The monoisotopic (exact) mass is 210 g/mol. The lowest BCUT2D eigenvalue weighted by Crippen LogP contribution is -2.06. The smallest absolute Gasteiger partial charge is 0.311 e. The summed E-state index contributed by atoms with van der Waals surface area (Å²) in [7, 11) is 1.51. The lowest BCUT2D eigenvalue weighted by Gasteiger charge is -2.10. The summed E-state index contributed by atoms with van der Waals surface area (Å²) in [6.45, 7) is 3.38. The number of benzene rings is 1. The molecule has 0 unspecified atom stereocenters. The summed E-state index contributed by atoms with van der Waals surface area (Å²) in [6, 6.07) is 3.15. The molecule has 1 aromatic rings. The first-order valence-corrected chi connectivity index (χ1v) is 4.67. The second kappa shape index (κ2) is 4.68. The van der Waals surface area contributed by atoms with Crippen LogP contribution in [-0.2, 0) is 4.79 Å². The Morgan fingerprint density at radius 1 is 1.40 bits per heavy atom. The second-order valence-electron chi connectivity index (χ2n) is 3.07. The van der Waals surface area contributed by atoms with Crippen LogP contribution < -0.4 is 9.47 Å². The highest BCUT2D eigenvalue weighted by Gasteiger charge is 2.12. The van der Waals surface area contributed by atoms with Gasteiger partial charge in [0.05, 0.1) is 7.11 Å². The van der Waals surface area contributed by atoms with Crippen LogP contribution in [0, 0.1) is 6.92 Å². The van der Waals surface area contributed by atoms with Crippen molar-refractivity contribution >= 4 is 5.97 Å². The average molecular weight is 210 g/mol.